The van der Waals surface area contributed by atoms with Crippen LogP contribution in [0.4, 0.5) is 15.9 Å². The minimum atomic E-state index is -0.387. The quantitative estimate of drug-likeness (QED) is 0.237. The van der Waals surface area contributed by atoms with Gasteiger partial charge in [-0.05, 0) is 55.9 Å². The molecule has 182 valence electrons. The molecule has 0 radical (unpaired) electrons. The van der Waals surface area contributed by atoms with E-state index in [0.29, 0.717) is 49.4 Å². The first kappa shape index (κ1) is 25.7. The van der Waals surface area contributed by atoms with Crippen LogP contribution in [0.2, 0.25) is 20.1 Å². The zero-order valence-corrected chi connectivity index (χ0v) is 22.4. The van der Waals surface area contributed by atoms with Crippen molar-refractivity contribution in [2.24, 2.45) is 0 Å². The highest BCUT2D eigenvalue weighted by atomic mass is 35.5. The van der Waals surface area contributed by atoms with Crippen molar-refractivity contribution in [3.63, 3.8) is 0 Å². The zero-order chi connectivity index (χ0) is 25.3. The van der Waals surface area contributed by atoms with Crippen LogP contribution in [0, 0.1) is 19.7 Å². The Morgan fingerprint density at radius 1 is 0.971 bits per heavy atom. The lowest BCUT2D eigenvalue weighted by atomic mass is 10.2. The van der Waals surface area contributed by atoms with E-state index in [0.717, 1.165) is 11.3 Å². The predicted octanol–water partition coefficient (Wildman–Crippen LogP) is 7.35. The first-order chi connectivity index (χ1) is 16.6. The van der Waals surface area contributed by atoms with Gasteiger partial charge < -0.3 is 10.6 Å². The Balaban J connectivity index is 1.46. The molecule has 0 spiro atoms. The van der Waals surface area contributed by atoms with Crippen LogP contribution in [-0.2, 0) is 13.1 Å². The van der Waals surface area contributed by atoms with Crippen molar-refractivity contribution in [1.29, 1.82) is 0 Å². The largest absolute Gasteiger partial charge is 0.329 e. The van der Waals surface area contributed by atoms with Gasteiger partial charge in [-0.2, -0.15) is 10.2 Å². The lowest BCUT2D eigenvalue weighted by Crippen LogP contribution is -2.20. The Kier molecular flexibility index (Phi) is 7.88. The second kappa shape index (κ2) is 10.7. The summed E-state index contributed by atoms with van der Waals surface area (Å²) in [4.78, 5) is 0. The number of aryl methyl sites for hydroxylation is 1. The van der Waals surface area contributed by atoms with Crippen LogP contribution in [0.3, 0.4) is 0 Å². The summed E-state index contributed by atoms with van der Waals surface area (Å²) in [6.45, 7) is 4.27. The first-order valence-electron chi connectivity index (χ1n) is 10.3. The Bertz CT molecular complexity index is 1400. The van der Waals surface area contributed by atoms with E-state index >= 15 is 0 Å². The fourth-order valence-corrected chi connectivity index (χ4v) is 4.59. The number of hydrogen-bond acceptors (Lipinski definition) is 3. The molecular formula is C23H19Cl4FN6S. The van der Waals surface area contributed by atoms with E-state index in [1.165, 1.54) is 6.07 Å². The Hall–Kier alpha value is -2.36. The van der Waals surface area contributed by atoms with Gasteiger partial charge in [-0.15, -0.1) is 0 Å². The van der Waals surface area contributed by atoms with Crippen molar-refractivity contribution < 1.29 is 4.39 Å². The van der Waals surface area contributed by atoms with Crippen LogP contribution in [-0.4, -0.2) is 24.7 Å². The van der Waals surface area contributed by atoms with Gasteiger partial charge in [-0.1, -0.05) is 58.5 Å². The molecule has 35 heavy (non-hydrogen) atoms. The molecule has 0 unspecified atom stereocenters. The summed E-state index contributed by atoms with van der Waals surface area (Å²) < 4.78 is 17.6. The highest BCUT2D eigenvalue weighted by molar-refractivity contribution is 7.80. The van der Waals surface area contributed by atoms with Crippen LogP contribution in [0.1, 0.15) is 22.5 Å². The number of hydrogen-bond donors (Lipinski definition) is 2. The van der Waals surface area contributed by atoms with E-state index in [9.17, 15) is 4.39 Å². The lowest BCUT2D eigenvalue weighted by molar-refractivity contribution is 0.579. The molecule has 0 atom stereocenters. The molecule has 0 aliphatic rings. The average molecular weight is 572 g/mol. The van der Waals surface area contributed by atoms with Crippen LogP contribution < -0.4 is 10.6 Å². The fraction of sp³-hybridized carbons (Fsp3) is 0.174. The maximum Gasteiger partial charge on any atom is 0.176 e. The van der Waals surface area contributed by atoms with Crippen molar-refractivity contribution in [2.75, 3.05) is 10.6 Å². The number of anilines is 2. The van der Waals surface area contributed by atoms with Gasteiger partial charge in [-0.25, -0.2) is 4.39 Å². The van der Waals surface area contributed by atoms with E-state index < -0.39 is 0 Å². The van der Waals surface area contributed by atoms with Crippen molar-refractivity contribution >= 4 is 75.2 Å². The third kappa shape index (κ3) is 5.90. The molecule has 2 aromatic carbocycles. The molecular weight excluding hydrogens is 553 g/mol. The topological polar surface area (TPSA) is 59.7 Å². The molecule has 0 bridgehead atoms. The van der Waals surface area contributed by atoms with Gasteiger partial charge in [0.15, 0.2) is 10.9 Å². The molecule has 0 saturated heterocycles. The van der Waals surface area contributed by atoms with E-state index in [-0.39, 0.29) is 17.5 Å². The van der Waals surface area contributed by atoms with E-state index in [2.05, 4.69) is 20.8 Å². The molecule has 6 nitrogen and oxygen atoms in total. The molecule has 0 saturated carbocycles. The fourth-order valence-electron chi connectivity index (χ4n) is 3.50. The van der Waals surface area contributed by atoms with Crippen molar-refractivity contribution in [3.05, 3.63) is 91.0 Å². The summed E-state index contributed by atoms with van der Waals surface area (Å²) in [5.41, 5.74) is 3.35. The van der Waals surface area contributed by atoms with E-state index in [1.54, 1.807) is 39.8 Å². The highest BCUT2D eigenvalue weighted by Gasteiger charge is 2.17. The molecule has 0 aliphatic carbocycles. The molecule has 0 aliphatic heterocycles. The van der Waals surface area contributed by atoms with Gasteiger partial charge in [0.2, 0.25) is 0 Å². The van der Waals surface area contributed by atoms with Gasteiger partial charge >= 0.3 is 0 Å². The molecule has 2 N–H and O–H groups in total. The molecule has 12 heteroatoms. The average Bonchev–Trinajstić information content (AvgIpc) is 3.26. The predicted molar refractivity (Wildman–Crippen MR) is 145 cm³/mol. The Morgan fingerprint density at radius 2 is 1.74 bits per heavy atom. The molecule has 2 heterocycles. The molecule has 0 amide bonds. The first-order valence-corrected chi connectivity index (χ1v) is 12.3. The third-order valence-electron chi connectivity index (χ3n) is 5.29. The maximum absolute atomic E-state index is 14.2. The third-order valence-corrected chi connectivity index (χ3v) is 6.71. The van der Waals surface area contributed by atoms with Crippen LogP contribution in [0.5, 0.6) is 0 Å². The maximum atomic E-state index is 14.2. The Labute approximate surface area is 226 Å². The molecule has 4 aromatic rings. The van der Waals surface area contributed by atoms with Gasteiger partial charge in [-0.3, -0.25) is 9.36 Å². The summed E-state index contributed by atoms with van der Waals surface area (Å²) in [6, 6.07) is 9.85. The number of thiocarbonyl (C=S) groups is 1. The number of benzene rings is 2. The van der Waals surface area contributed by atoms with Gasteiger partial charge in [0, 0.05) is 26.8 Å². The van der Waals surface area contributed by atoms with Crippen molar-refractivity contribution in [2.45, 2.75) is 26.9 Å². The highest BCUT2D eigenvalue weighted by Crippen LogP contribution is 2.26. The van der Waals surface area contributed by atoms with Crippen LogP contribution in [0.15, 0.2) is 42.6 Å². The monoisotopic (exact) mass is 570 g/mol. The van der Waals surface area contributed by atoms with Crippen LogP contribution >= 0.6 is 58.6 Å². The summed E-state index contributed by atoms with van der Waals surface area (Å²) in [5.74, 6) is -0.00282. The van der Waals surface area contributed by atoms with Gasteiger partial charge in [0.05, 0.1) is 30.2 Å². The minimum Gasteiger partial charge on any atom is -0.329 e. The Morgan fingerprint density at radius 3 is 2.46 bits per heavy atom. The second-order valence-electron chi connectivity index (χ2n) is 7.74. The molecule has 4 rings (SSSR count). The lowest BCUT2D eigenvalue weighted by Gasteiger charge is -2.11. The smallest absolute Gasteiger partial charge is 0.176 e. The van der Waals surface area contributed by atoms with Crippen LogP contribution in [0.25, 0.3) is 0 Å². The number of rotatable bonds is 6. The standard InChI is InChI=1S/C23H19Cl4FN6S/c1-12-21(13(2)34(31-12)10-16-17(25)4-3-5-20(16)28)29-23(35)30-22-19(27)11-33(32-22)9-14-6-7-15(24)8-18(14)26/h3-8,11H,9-10H2,1-2H3,(H2,29,30,32,35). The summed E-state index contributed by atoms with van der Waals surface area (Å²) in [6.07, 6.45) is 1.67. The van der Waals surface area contributed by atoms with Crippen molar-refractivity contribution in [1.82, 2.24) is 19.6 Å². The minimum absolute atomic E-state index is 0.184. The normalized spacial score (nSPS) is 11.1. The number of nitrogens with zero attached hydrogens (tertiary/aromatic N) is 4. The van der Waals surface area contributed by atoms with E-state index in [4.69, 9.17) is 58.6 Å². The summed E-state index contributed by atoms with van der Waals surface area (Å²) >= 11 is 30.2. The van der Waals surface area contributed by atoms with E-state index in [1.807, 2.05) is 19.9 Å². The van der Waals surface area contributed by atoms with Gasteiger partial charge in [0.25, 0.3) is 0 Å². The number of aromatic nitrogens is 4. The molecule has 0 fully saturated rings. The van der Waals surface area contributed by atoms with Gasteiger partial charge in [0.1, 0.15) is 10.8 Å². The molecule has 2 aromatic heterocycles. The number of halogens is 5. The number of nitrogens with one attached hydrogen (secondary N) is 2. The summed E-state index contributed by atoms with van der Waals surface area (Å²) in [5, 5.41) is 17.2. The summed E-state index contributed by atoms with van der Waals surface area (Å²) in [7, 11) is 0. The SMILES string of the molecule is Cc1nn(Cc2c(F)cccc2Cl)c(C)c1NC(=S)Nc1nn(Cc2ccc(Cl)cc2Cl)cc1Cl. The van der Waals surface area contributed by atoms with Crippen molar-refractivity contribution in [3.8, 4) is 0 Å². The second-order valence-corrected chi connectivity index (χ2v) is 9.81. The zero-order valence-electron chi connectivity index (χ0n) is 18.5.